The van der Waals surface area contributed by atoms with E-state index < -0.39 is 5.82 Å². The highest BCUT2D eigenvalue weighted by atomic mass is 35.5. The molecular formula is C24H17ClFN5O. The van der Waals surface area contributed by atoms with Crippen LogP contribution >= 0.6 is 11.6 Å². The summed E-state index contributed by atoms with van der Waals surface area (Å²) in [5.74, 6) is -0.411. The fraction of sp³-hybridized carbons (Fsp3) is 0.0833. The molecule has 4 aromatic heterocycles. The van der Waals surface area contributed by atoms with Crippen molar-refractivity contribution < 1.29 is 9.50 Å². The van der Waals surface area contributed by atoms with Crippen molar-refractivity contribution in [2.75, 3.05) is 6.61 Å². The first-order valence-electron chi connectivity index (χ1n) is 9.93. The van der Waals surface area contributed by atoms with Gasteiger partial charge in [0.25, 0.3) is 0 Å². The highest BCUT2D eigenvalue weighted by Crippen LogP contribution is 2.34. The van der Waals surface area contributed by atoms with Crippen molar-refractivity contribution in [1.29, 1.82) is 0 Å². The van der Waals surface area contributed by atoms with E-state index in [1.807, 2.05) is 30.5 Å². The first-order chi connectivity index (χ1) is 15.6. The van der Waals surface area contributed by atoms with E-state index >= 15 is 0 Å². The van der Waals surface area contributed by atoms with Gasteiger partial charge in [0, 0.05) is 57.5 Å². The van der Waals surface area contributed by atoms with Crippen molar-refractivity contribution in [2.45, 2.75) is 6.54 Å². The zero-order valence-corrected chi connectivity index (χ0v) is 17.5. The number of hydrogen-bond acceptors (Lipinski definition) is 5. The summed E-state index contributed by atoms with van der Waals surface area (Å²) < 4.78 is 16.3. The maximum absolute atomic E-state index is 14.6. The lowest BCUT2D eigenvalue weighted by Crippen LogP contribution is -2.01. The van der Waals surface area contributed by atoms with Gasteiger partial charge in [0.2, 0.25) is 0 Å². The van der Waals surface area contributed by atoms with Gasteiger partial charge in [-0.05, 0) is 48.0 Å². The monoisotopic (exact) mass is 445 g/mol. The summed E-state index contributed by atoms with van der Waals surface area (Å²) in [6.07, 6.45) is 8.75. The molecule has 4 heterocycles. The van der Waals surface area contributed by atoms with Crippen LogP contribution in [0.25, 0.3) is 44.5 Å². The van der Waals surface area contributed by atoms with Crippen LogP contribution in [0.15, 0.2) is 73.4 Å². The van der Waals surface area contributed by atoms with E-state index in [-0.39, 0.29) is 6.61 Å². The van der Waals surface area contributed by atoms with Crippen molar-refractivity contribution in [1.82, 2.24) is 24.7 Å². The van der Waals surface area contributed by atoms with Crippen LogP contribution in [0.5, 0.6) is 0 Å². The van der Waals surface area contributed by atoms with Crippen LogP contribution in [0.3, 0.4) is 0 Å². The van der Waals surface area contributed by atoms with Crippen molar-refractivity contribution >= 4 is 22.6 Å². The number of benzene rings is 1. The summed E-state index contributed by atoms with van der Waals surface area (Å²) in [5, 5.41) is 14.6. The zero-order chi connectivity index (χ0) is 22.1. The summed E-state index contributed by atoms with van der Waals surface area (Å²) in [4.78, 5) is 13.4. The van der Waals surface area contributed by atoms with E-state index in [1.165, 1.54) is 12.1 Å². The van der Waals surface area contributed by atoms with Gasteiger partial charge in [0.1, 0.15) is 5.82 Å². The molecule has 0 saturated carbocycles. The maximum Gasteiger partial charge on any atom is 0.160 e. The Balaban J connectivity index is 1.67. The van der Waals surface area contributed by atoms with Crippen LogP contribution in [0.1, 0.15) is 0 Å². The molecule has 0 radical (unpaired) electrons. The SMILES string of the molecule is OCCn1cc(-c2cncc(-c3cc(-c4cc(Cl)ccc4F)nc4ncccc34)c2)cn1. The maximum atomic E-state index is 14.6. The Hall–Kier alpha value is -3.68. The molecule has 0 amide bonds. The van der Waals surface area contributed by atoms with Crippen LogP contribution in [-0.4, -0.2) is 36.4 Å². The quantitative estimate of drug-likeness (QED) is 0.411. The number of nitrogens with zero attached hydrogens (tertiary/aromatic N) is 5. The van der Waals surface area contributed by atoms with Gasteiger partial charge < -0.3 is 5.11 Å². The minimum Gasteiger partial charge on any atom is -0.394 e. The summed E-state index contributed by atoms with van der Waals surface area (Å²) in [7, 11) is 0. The average molecular weight is 446 g/mol. The third-order valence-corrected chi connectivity index (χ3v) is 5.37. The fourth-order valence-electron chi connectivity index (χ4n) is 3.61. The second-order valence-corrected chi connectivity index (χ2v) is 7.67. The normalized spacial score (nSPS) is 11.2. The average Bonchev–Trinajstić information content (AvgIpc) is 3.29. The van der Waals surface area contributed by atoms with Gasteiger partial charge in [-0.3, -0.25) is 9.67 Å². The molecule has 5 rings (SSSR count). The van der Waals surface area contributed by atoms with Crippen molar-refractivity contribution in [3.63, 3.8) is 0 Å². The molecule has 158 valence electrons. The number of rotatable bonds is 5. The van der Waals surface area contributed by atoms with Crippen molar-refractivity contribution in [2.24, 2.45) is 0 Å². The fourth-order valence-corrected chi connectivity index (χ4v) is 3.78. The van der Waals surface area contributed by atoms with Gasteiger partial charge in [0.05, 0.1) is 25.0 Å². The Labute approximate surface area is 188 Å². The predicted molar refractivity (Wildman–Crippen MR) is 121 cm³/mol. The third kappa shape index (κ3) is 3.84. The molecule has 0 fully saturated rings. The molecule has 0 aliphatic rings. The number of pyridine rings is 3. The molecule has 0 atom stereocenters. The Bertz CT molecular complexity index is 1440. The van der Waals surface area contributed by atoms with Gasteiger partial charge in [-0.1, -0.05) is 11.6 Å². The summed E-state index contributed by atoms with van der Waals surface area (Å²) in [6, 6.07) is 12.0. The minimum atomic E-state index is -0.411. The molecule has 0 aliphatic heterocycles. The van der Waals surface area contributed by atoms with E-state index in [4.69, 9.17) is 16.7 Å². The third-order valence-electron chi connectivity index (χ3n) is 5.13. The van der Waals surface area contributed by atoms with Crippen LogP contribution in [0, 0.1) is 5.82 Å². The van der Waals surface area contributed by atoms with Crippen LogP contribution in [0.2, 0.25) is 5.02 Å². The lowest BCUT2D eigenvalue weighted by Gasteiger charge is -2.11. The van der Waals surface area contributed by atoms with Crippen LogP contribution in [-0.2, 0) is 6.54 Å². The first-order valence-corrected chi connectivity index (χ1v) is 10.3. The topological polar surface area (TPSA) is 76.7 Å². The van der Waals surface area contributed by atoms with Crippen LogP contribution in [0.4, 0.5) is 4.39 Å². The lowest BCUT2D eigenvalue weighted by atomic mass is 9.99. The molecule has 0 unspecified atom stereocenters. The molecule has 0 spiro atoms. The first kappa shape index (κ1) is 20.2. The van der Waals surface area contributed by atoms with Crippen molar-refractivity contribution in [3.8, 4) is 33.5 Å². The van der Waals surface area contributed by atoms with Crippen LogP contribution < -0.4 is 0 Å². The number of aliphatic hydroxyl groups excluding tert-OH is 1. The molecule has 0 bridgehead atoms. The molecular weight excluding hydrogens is 429 g/mol. The Kier molecular flexibility index (Phi) is 5.34. The van der Waals surface area contributed by atoms with Gasteiger partial charge >= 0.3 is 0 Å². The van der Waals surface area contributed by atoms with Gasteiger partial charge in [0.15, 0.2) is 5.65 Å². The number of halogens is 2. The van der Waals surface area contributed by atoms with E-state index in [0.29, 0.717) is 28.5 Å². The Morgan fingerprint density at radius 2 is 1.84 bits per heavy atom. The van der Waals surface area contributed by atoms with Crippen molar-refractivity contribution in [3.05, 3.63) is 84.3 Å². The second kappa shape index (κ2) is 8.45. The van der Waals surface area contributed by atoms with E-state index in [0.717, 1.165) is 27.6 Å². The molecule has 0 aliphatic carbocycles. The van der Waals surface area contributed by atoms with Gasteiger partial charge in [-0.25, -0.2) is 14.4 Å². The Morgan fingerprint density at radius 1 is 0.969 bits per heavy atom. The predicted octanol–water partition coefficient (Wildman–Crippen LogP) is 5.01. The second-order valence-electron chi connectivity index (χ2n) is 7.23. The molecule has 0 saturated heterocycles. The van der Waals surface area contributed by atoms with E-state index in [1.54, 1.807) is 35.5 Å². The smallest absolute Gasteiger partial charge is 0.160 e. The number of fused-ring (bicyclic) bond motifs is 1. The highest BCUT2D eigenvalue weighted by molar-refractivity contribution is 6.30. The molecule has 32 heavy (non-hydrogen) atoms. The summed E-state index contributed by atoms with van der Waals surface area (Å²) in [5.41, 5.74) is 4.66. The molecule has 1 aromatic carbocycles. The standard InChI is InChI=1S/C24H17ClFN5O/c25-18-3-4-22(26)21(9-18)23-10-20(19-2-1-5-28-24(19)30-23)16-8-15(11-27-12-16)17-13-29-31(14-17)6-7-32/h1-5,8-14,32H,6-7H2. The lowest BCUT2D eigenvalue weighted by molar-refractivity contribution is 0.269. The zero-order valence-electron chi connectivity index (χ0n) is 16.8. The molecule has 5 aromatic rings. The van der Waals surface area contributed by atoms with E-state index in [2.05, 4.69) is 20.1 Å². The molecule has 1 N–H and O–H groups in total. The highest BCUT2D eigenvalue weighted by Gasteiger charge is 2.14. The van der Waals surface area contributed by atoms with E-state index in [9.17, 15) is 4.39 Å². The molecule has 8 heteroatoms. The minimum absolute atomic E-state index is 0.0122. The number of hydrogen-bond donors (Lipinski definition) is 1. The Morgan fingerprint density at radius 3 is 2.72 bits per heavy atom. The number of aromatic nitrogens is 5. The summed E-state index contributed by atoms with van der Waals surface area (Å²) in [6.45, 7) is 0.431. The van der Waals surface area contributed by atoms with Gasteiger partial charge in [-0.15, -0.1) is 0 Å². The van der Waals surface area contributed by atoms with Gasteiger partial charge in [-0.2, -0.15) is 5.10 Å². The molecule has 6 nitrogen and oxygen atoms in total. The number of aliphatic hydroxyl groups is 1. The summed E-state index contributed by atoms with van der Waals surface area (Å²) >= 11 is 6.11. The largest absolute Gasteiger partial charge is 0.394 e.